The molecule has 1 aromatic rings. The maximum absolute atomic E-state index is 10.6. The summed E-state index contributed by atoms with van der Waals surface area (Å²) in [5.41, 5.74) is 0.142. The largest absolute Gasteiger partial charge is 0.476 e. The molecule has 1 saturated heterocycles. The van der Waals surface area contributed by atoms with Crippen molar-refractivity contribution in [3.63, 3.8) is 0 Å². The van der Waals surface area contributed by atoms with Crippen LogP contribution < -0.4 is 10.2 Å². The van der Waals surface area contributed by atoms with Crippen LogP contribution >= 0.6 is 36.2 Å². The molecular weight excluding hydrogens is 273 g/mol. The van der Waals surface area contributed by atoms with Crippen LogP contribution in [0.4, 0.5) is 5.13 Å². The highest BCUT2D eigenvalue weighted by atomic mass is 35.5. The molecule has 1 aromatic heterocycles. The zero-order chi connectivity index (χ0) is 9.97. The molecule has 0 atom stereocenters. The quantitative estimate of drug-likeness (QED) is 0.852. The number of thiazole rings is 1. The molecule has 2 heterocycles. The summed E-state index contributed by atoms with van der Waals surface area (Å²) in [6.07, 6.45) is 0. The van der Waals surface area contributed by atoms with Crippen molar-refractivity contribution in [2.45, 2.75) is 0 Å². The summed E-state index contributed by atoms with van der Waals surface area (Å²) in [6, 6.07) is 0. The van der Waals surface area contributed by atoms with Gasteiger partial charge >= 0.3 is 5.97 Å². The summed E-state index contributed by atoms with van der Waals surface area (Å²) in [6.45, 7) is 3.66. The minimum absolute atomic E-state index is 0. The van der Waals surface area contributed by atoms with E-state index in [4.69, 9.17) is 5.11 Å². The maximum Gasteiger partial charge on any atom is 0.355 e. The number of carbonyl (C=O) groups is 1. The molecule has 2 N–H and O–H groups in total. The topological polar surface area (TPSA) is 65.5 Å². The molecule has 0 saturated carbocycles. The lowest BCUT2D eigenvalue weighted by molar-refractivity contribution is 0.0691. The molecule has 0 aliphatic carbocycles. The number of anilines is 1. The normalized spacial score (nSPS) is 14.9. The van der Waals surface area contributed by atoms with Gasteiger partial charge in [0.05, 0.1) is 0 Å². The van der Waals surface area contributed by atoms with Crippen molar-refractivity contribution in [1.82, 2.24) is 10.3 Å². The van der Waals surface area contributed by atoms with E-state index in [1.54, 1.807) is 5.38 Å². The first kappa shape index (κ1) is 15.4. The van der Waals surface area contributed by atoms with Gasteiger partial charge < -0.3 is 15.3 Å². The van der Waals surface area contributed by atoms with Crippen LogP contribution in [0.1, 0.15) is 10.5 Å². The standard InChI is InChI=1S/C8H11N3O2S.2ClH/c12-7(13)6-5-14-8(10-6)11-3-1-9-2-4-11;;/h5,9H,1-4H2,(H,12,13);2*1H. The first-order chi connectivity index (χ1) is 6.77. The summed E-state index contributed by atoms with van der Waals surface area (Å²) >= 11 is 1.39. The van der Waals surface area contributed by atoms with Gasteiger partial charge in [-0.1, -0.05) is 0 Å². The number of carboxylic acid groups (broad SMARTS) is 1. The van der Waals surface area contributed by atoms with Gasteiger partial charge in [0.15, 0.2) is 10.8 Å². The molecule has 0 unspecified atom stereocenters. The predicted molar refractivity (Wildman–Crippen MR) is 68.7 cm³/mol. The fraction of sp³-hybridized carbons (Fsp3) is 0.500. The molecule has 0 amide bonds. The number of carboxylic acids is 1. The molecule has 5 nitrogen and oxygen atoms in total. The highest BCUT2D eigenvalue weighted by Gasteiger charge is 2.15. The van der Waals surface area contributed by atoms with Gasteiger partial charge in [-0.25, -0.2) is 9.78 Å². The van der Waals surface area contributed by atoms with Gasteiger partial charge in [-0.05, 0) is 0 Å². The average Bonchev–Trinajstić information content (AvgIpc) is 2.68. The minimum atomic E-state index is -0.956. The van der Waals surface area contributed by atoms with Gasteiger partial charge in [0.2, 0.25) is 0 Å². The molecule has 1 aliphatic heterocycles. The van der Waals surface area contributed by atoms with Crippen LogP contribution in [0.2, 0.25) is 0 Å². The van der Waals surface area contributed by atoms with Crippen molar-refractivity contribution in [3.05, 3.63) is 11.1 Å². The minimum Gasteiger partial charge on any atom is -0.476 e. The fourth-order valence-corrected chi connectivity index (χ4v) is 2.22. The van der Waals surface area contributed by atoms with E-state index < -0.39 is 5.97 Å². The Kier molecular flexibility index (Phi) is 6.66. The summed E-state index contributed by atoms with van der Waals surface area (Å²) in [7, 11) is 0. The van der Waals surface area contributed by atoms with Gasteiger partial charge in [0.1, 0.15) is 0 Å². The number of nitrogens with zero attached hydrogens (tertiary/aromatic N) is 2. The SMILES string of the molecule is Cl.Cl.O=C(O)c1csc(N2CCNCC2)n1. The summed E-state index contributed by atoms with van der Waals surface area (Å²) in [4.78, 5) is 16.8. The number of aromatic nitrogens is 1. The van der Waals surface area contributed by atoms with E-state index in [1.165, 1.54) is 11.3 Å². The van der Waals surface area contributed by atoms with E-state index >= 15 is 0 Å². The van der Waals surface area contributed by atoms with Gasteiger partial charge in [-0.3, -0.25) is 0 Å². The lowest BCUT2D eigenvalue weighted by Gasteiger charge is -2.26. The molecule has 0 bridgehead atoms. The number of piperazine rings is 1. The molecule has 1 aliphatic rings. The summed E-state index contributed by atoms with van der Waals surface area (Å²) in [5, 5.41) is 14.3. The molecule has 0 aromatic carbocycles. The van der Waals surface area contributed by atoms with Gasteiger partial charge in [0.25, 0.3) is 0 Å². The maximum atomic E-state index is 10.6. The zero-order valence-electron chi connectivity index (χ0n) is 8.38. The smallest absolute Gasteiger partial charge is 0.355 e. The number of hydrogen-bond donors (Lipinski definition) is 2. The van der Waals surface area contributed by atoms with Crippen LogP contribution in [0.15, 0.2) is 5.38 Å². The predicted octanol–water partition coefficient (Wildman–Crippen LogP) is 1.09. The molecule has 2 rings (SSSR count). The second-order valence-corrected chi connectivity index (χ2v) is 3.89. The third kappa shape index (κ3) is 3.48. The molecule has 1 fully saturated rings. The molecule has 92 valence electrons. The van der Waals surface area contributed by atoms with E-state index in [1.807, 2.05) is 0 Å². The van der Waals surface area contributed by atoms with Gasteiger partial charge in [-0.2, -0.15) is 0 Å². The average molecular weight is 286 g/mol. The lowest BCUT2D eigenvalue weighted by Crippen LogP contribution is -2.43. The number of hydrogen-bond acceptors (Lipinski definition) is 5. The van der Waals surface area contributed by atoms with Gasteiger partial charge in [-0.15, -0.1) is 36.2 Å². The zero-order valence-corrected chi connectivity index (χ0v) is 10.8. The van der Waals surface area contributed by atoms with Crippen molar-refractivity contribution < 1.29 is 9.90 Å². The van der Waals surface area contributed by atoms with Crippen LogP contribution in [0.5, 0.6) is 0 Å². The summed E-state index contributed by atoms with van der Waals surface area (Å²) < 4.78 is 0. The van der Waals surface area contributed by atoms with Crippen molar-refractivity contribution in [3.8, 4) is 0 Å². The Labute approximate surface area is 110 Å². The Hall–Kier alpha value is -0.560. The summed E-state index contributed by atoms with van der Waals surface area (Å²) in [5.74, 6) is -0.956. The van der Waals surface area contributed by atoms with Crippen LogP contribution in [0, 0.1) is 0 Å². The Morgan fingerprint density at radius 2 is 2.06 bits per heavy atom. The Morgan fingerprint density at radius 3 is 2.56 bits per heavy atom. The lowest BCUT2D eigenvalue weighted by atomic mass is 10.4. The van der Waals surface area contributed by atoms with Crippen molar-refractivity contribution in [2.75, 3.05) is 31.1 Å². The van der Waals surface area contributed by atoms with E-state index in [9.17, 15) is 4.79 Å². The molecule has 0 spiro atoms. The third-order valence-corrected chi connectivity index (χ3v) is 3.00. The number of aromatic carboxylic acids is 1. The second kappa shape index (κ2) is 6.90. The number of nitrogens with one attached hydrogen (secondary N) is 1. The van der Waals surface area contributed by atoms with Crippen LogP contribution in [0.25, 0.3) is 0 Å². The Bertz CT molecular complexity index is 342. The highest BCUT2D eigenvalue weighted by Crippen LogP contribution is 2.20. The first-order valence-electron chi connectivity index (χ1n) is 4.42. The Morgan fingerprint density at radius 1 is 1.44 bits per heavy atom. The highest BCUT2D eigenvalue weighted by molar-refractivity contribution is 7.13. The fourth-order valence-electron chi connectivity index (χ4n) is 1.36. The van der Waals surface area contributed by atoms with E-state index in [0.29, 0.717) is 0 Å². The first-order valence-corrected chi connectivity index (χ1v) is 5.30. The number of rotatable bonds is 2. The molecule has 16 heavy (non-hydrogen) atoms. The number of halogens is 2. The van der Waals surface area contributed by atoms with Gasteiger partial charge in [0, 0.05) is 31.6 Å². The van der Waals surface area contributed by atoms with Crippen LogP contribution in [-0.4, -0.2) is 42.2 Å². The molecule has 8 heteroatoms. The Balaban J connectivity index is 0.00000112. The molecule has 0 radical (unpaired) electrons. The van der Waals surface area contributed by atoms with Crippen molar-refractivity contribution in [1.29, 1.82) is 0 Å². The van der Waals surface area contributed by atoms with E-state index in [-0.39, 0.29) is 30.5 Å². The van der Waals surface area contributed by atoms with Crippen molar-refractivity contribution in [2.24, 2.45) is 0 Å². The van der Waals surface area contributed by atoms with Crippen LogP contribution in [0.3, 0.4) is 0 Å². The van der Waals surface area contributed by atoms with Crippen LogP contribution in [-0.2, 0) is 0 Å². The van der Waals surface area contributed by atoms with Crippen molar-refractivity contribution >= 4 is 47.3 Å². The van der Waals surface area contributed by atoms with E-state index in [2.05, 4.69) is 15.2 Å². The third-order valence-electron chi connectivity index (χ3n) is 2.10. The monoisotopic (exact) mass is 285 g/mol. The second-order valence-electron chi connectivity index (χ2n) is 3.06. The van der Waals surface area contributed by atoms with E-state index in [0.717, 1.165) is 31.3 Å². The molecular formula is C8H13Cl2N3O2S.